The number of pyridine rings is 1. The van der Waals surface area contributed by atoms with Gasteiger partial charge in [0.1, 0.15) is 11.4 Å². The number of benzene rings is 1. The molecule has 0 saturated heterocycles. The number of azo groups is 1. The summed E-state index contributed by atoms with van der Waals surface area (Å²) in [6.45, 7) is 6.87. The molecule has 2 N–H and O–H groups in total. The summed E-state index contributed by atoms with van der Waals surface area (Å²) in [5.74, 6) is 0.797. The molecule has 1 heterocycles. The number of nitrogens with zero attached hydrogens (tertiary/aromatic N) is 4. The van der Waals surface area contributed by atoms with Gasteiger partial charge in [-0.25, -0.2) is 9.78 Å². The van der Waals surface area contributed by atoms with Crippen LogP contribution in [0.2, 0.25) is 0 Å². The van der Waals surface area contributed by atoms with Crippen molar-refractivity contribution >= 4 is 23.3 Å². The first-order valence-corrected chi connectivity index (χ1v) is 7.75. The van der Waals surface area contributed by atoms with Gasteiger partial charge in [0.15, 0.2) is 5.82 Å². The second kappa shape index (κ2) is 8.05. The number of carbonyl (C=O) groups is 1. The average molecular weight is 327 g/mol. The Kier molecular flexibility index (Phi) is 5.83. The zero-order valence-corrected chi connectivity index (χ0v) is 14.1. The minimum absolute atomic E-state index is 0.337. The summed E-state index contributed by atoms with van der Waals surface area (Å²) in [4.78, 5) is 17.6. The van der Waals surface area contributed by atoms with Gasteiger partial charge in [0.05, 0.1) is 5.69 Å². The standard InChI is InChI=1S/C17H21N5O2/c1-4-22(5-2)17(23)24-14-9-7-13(8-10-14)20-21-15-11-6-12(3)19-16(15)18/h6-11H,4-5H2,1-3H3,(H2,18,19). The van der Waals surface area contributed by atoms with Crippen LogP contribution in [0.5, 0.6) is 5.75 Å². The minimum Gasteiger partial charge on any atom is -0.410 e. The largest absolute Gasteiger partial charge is 0.415 e. The van der Waals surface area contributed by atoms with Crippen LogP contribution in [0.25, 0.3) is 0 Å². The number of ether oxygens (including phenoxy) is 1. The van der Waals surface area contributed by atoms with Crippen molar-refractivity contribution in [3.8, 4) is 5.75 Å². The summed E-state index contributed by atoms with van der Waals surface area (Å²) < 4.78 is 5.29. The van der Waals surface area contributed by atoms with E-state index in [-0.39, 0.29) is 6.09 Å². The van der Waals surface area contributed by atoms with Gasteiger partial charge in [-0.05, 0) is 57.2 Å². The Balaban J connectivity index is 2.04. The molecule has 0 aliphatic rings. The third-order valence-corrected chi connectivity index (χ3v) is 3.38. The molecule has 2 aromatic rings. The number of hydrogen-bond donors (Lipinski definition) is 1. The molecule has 2 rings (SSSR count). The zero-order chi connectivity index (χ0) is 17.5. The molecule has 1 aromatic heterocycles. The third kappa shape index (κ3) is 4.52. The molecule has 0 saturated carbocycles. The van der Waals surface area contributed by atoms with Crippen molar-refractivity contribution in [2.75, 3.05) is 18.8 Å². The van der Waals surface area contributed by atoms with E-state index < -0.39 is 0 Å². The van der Waals surface area contributed by atoms with Crippen LogP contribution < -0.4 is 10.5 Å². The molecule has 7 heteroatoms. The lowest BCUT2D eigenvalue weighted by atomic mass is 10.3. The van der Waals surface area contributed by atoms with Gasteiger partial charge >= 0.3 is 6.09 Å². The molecule has 0 spiro atoms. The Hall–Kier alpha value is -2.96. The van der Waals surface area contributed by atoms with Gasteiger partial charge in [-0.1, -0.05) is 0 Å². The van der Waals surface area contributed by atoms with E-state index in [2.05, 4.69) is 15.2 Å². The second-order valence-electron chi connectivity index (χ2n) is 5.09. The van der Waals surface area contributed by atoms with Crippen molar-refractivity contribution in [3.63, 3.8) is 0 Å². The highest BCUT2D eigenvalue weighted by atomic mass is 16.6. The van der Waals surface area contributed by atoms with E-state index >= 15 is 0 Å². The third-order valence-electron chi connectivity index (χ3n) is 3.38. The molecule has 0 unspecified atom stereocenters. The maximum Gasteiger partial charge on any atom is 0.415 e. The maximum atomic E-state index is 11.9. The average Bonchev–Trinajstić information content (AvgIpc) is 2.56. The highest BCUT2D eigenvalue weighted by Gasteiger charge is 2.11. The highest BCUT2D eigenvalue weighted by molar-refractivity contribution is 5.70. The molecule has 0 fully saturated rings. The van der Waals surface area contributed by atoms with Gasteiger partial charge in [0, 0.05) is 18.8 Å². The summed E-state index contributed by atoms with van der Waals surface area (Å²) in [6, 6.07) is 10.4. The van der Waals surface area contributed by atoms with Gasteiger partial charge < -0.3 is 15.4 Å². The second-order valence-corrected chi connectivity index (χ2v) is 5.09. The summed E-state index contributed by atoms with van der Waals surface area (Å²) in [7, 11) is 0. The fraction of sp³-hybridized carbons (Fsp3) is 0.294. The quantitative estimate of drug-likeness (QED) is 0.832. The minimum atomic E-state index is -0.368. The van der Waals surface area contributed by atoms with E-state index in [1.54, 1.807) is 35.2 Å². The van der Waals surface area contributed by atoms with Crippen molar-refractivity contribution < 1.29 is 9.53 Å². The van der Waals surface area contributed by atoms with Crippen molar-refractivity contribution in [1.82, 2.24) is 9.88 Å². The highest BCUT2D eigenvalue weighted by Crippen LogP contribution is 2.24. The Labute approximate surface area is 141 Å². The molecule has 7 nitrogen and oxygen atoms in total. The summed E-state index contributed by atoms with van der Waals surface area (Å²) in [5, 5.41) is 8.19. The van der Waals surface area contributed by atoms with E-state index in [0.29, 0.717) is 36.0 Å². The smallest absolute Gasteiger partial charge is 0.410 e. The number of hydrogen-bond acceptors (Lipinski definition) is 6. The fourth-order valence-electron chi connectivity index (χ4n) is 1.99. The van der Waals surface area contributed by atoms with E-state index in [1.165, 1.54) is 0 Å². The van der Waals surface area contributed by atoms with Gasteiger partial charge in [0.25, 0.3) is 0 Å². The molecule has 126 valence electrons. The van der Waals surface area contributed by atoms with Crippen molar-refractivity contribution in [3.05, 3.63) is 42.1 Å². The molecule has 1 amide bonds. The molecule has 0 radical (unpaired) electrons. The predicted molar refractivity (Wildman–Crippen MR) is 92.9 cm³/mol. The number of rotatable bonds is 5. The van der Waals surface area contributed by atoms with Crippen LogP contribution >= 0.6 is 0 Å². The number of aryl methyl sites for hydroxylation is 1. The first kappa shape index (κ1) is 17.4. The van der Waals surface area contributed by atoms with E-state index in [4.69, 9.17) is 10.5 Å². The van der Waals surface area contributed by atoms with Crippen LogP contribution in [-0.4, -0.2) is 29.1 Å². The lowest BCUT2D eigenvalue weighted by Gasteiger charge is -2.17. The first-order chi connectivity index (χ1) is 11.5. The SMILES string of the molecule is CCN(CC)C(=O)Oc1ccc(N=Nc2ccc(C)nc2N)cc1. The molecule has 24 heavy (non-hydrogen) atoms. The van der Waals surface area contributed by atoms with Gasteiger partial charge in [-0.3, -0.25) is 0 Å². The molecule has 0 aliphatic heterocycles. The predicted octanol–water partition coefficient (Wildman–Crippen LogP) is 4.23. The topological polar surface area (TPSA) is 93.2 Å². The number of aromatic nitrogens is 1. The zero-order valence-electron chi connectivity index (χ0n) is 14.1. The van der Waals surface area contributed by atoms with Gasteiger partial charge in [-0.15, -0.1) is 5.11 Å². The van der Waals surface area contributed by atoms with Crippen molar-refractivity contribution in [1.29, 1.82) is 0 Å². The van der Waals surface area contributed by atoms with Gasteiger partial charge in [0.2, 0.25) is 0 Å². The van der Waals surface area contributed by atoms with Crippen molar-refractivity contribution in [2.24, 2.45) is 10.2 Å². The van der Waals surface area contributed by atoms with Crippen LogP contribution in [0.15, 0.2) is 46.6 Å². The number of anilines is 1. The number of nitrogens with two attached hydrogens (primary N) is 1. The Morgan fingerprint density at radius 1 is 1.12 bits per heavy atom. The van der Waals surface area contributed by atoms with E-state index in [9.17, 15) is 4.79 Å². The monoisotopic (exact) mass is 327 g/mol. The molecule has 1 aromatic carbocycles. The molecular weight excluding hydrogens is 306 g/mol. The first-order valence-electron chi connectivity index (χ1n) is 7.75. The van der Waals surface area contributed by atoms with Crippen LogP contribution in [0, 0.1) is 6.92 Å². The van der Waals surface area contributed by atoms with Crippen LogP contribution in [-0.2, 0) is 0 Å². The molecule has 0 bridgehead atoms. The van der Waals surface area contributed by atoms with Crippen LogP contribution in [0.1, 0.15) is 19.5 Å². The summed E-state index contributed by atoms with van der Waals surface area (Å²) in [6.07, 6.45) is -0.368. The Morgan fingerprint density at radius 2 is 1.79 bits per heavy atom. The maximum absolute atomic E-state index is 11.9. The molecule has 0 aliphatic carbocycles. The van der Waals surface area contributed by atoms with E-state index in [0.717, 1.165) is 5.69 Å². The van der Waals surface area contributed by atoms with Crippen molar-refractivity contribution in [2.45, 2.75) is 20.8 Å². The molecular formula is C17H21N5O2. The van der Waals surface area contributed by atoms with Gasteiger partial charge in [-0.2, -0.15) is 5.11 Å². The van der Waals surface area contributed by atoms with E-state index in [1.807, 2.05) is 26.8 Å². The molecule has 0 atom stereocenters. The Bertz CT molecular complexity index is 724. The number of nitrogen functional groups attached to an aromatic ring is 1. The van der Waals surface area contributed by atoms with Crippen LogP contribution in [0.4, 0.5) is 22.0 Å². The lowest BCUT2D eigenvalue weighted by molar-refractivity contribution is 0.157. The lowest BCUT2D eigenvalue weighted by Crippen LogP contribution is -2.33. The normalized spacial score (nSPS) is 10.8. The summed E-state index contributed by atoms with van der Waals surface area (Å²) >= 11 is 0. The number of amides is 1. The fourth-order valence-corrected chi connectivity index (χ4v) is 1.99. The number of carbonyl (C=O) groups excluding carboxylic acids is 1. The van der Waals surface area contributed by atoms with Crippen LogP contribution in [0.3, 0.4) is 0 Å². The Morgan fingerprint density at radius 3 is 2.38 bits per heavy atom. The summed E-state index contributed by atoms with van der Waals surface area (Å²) in [5.41, 5.74) is 7.75.